The van der Waals surface area contributed by atoms with Crippen LogP contribution in [0.2, 0.25) is 5.02 Å². The predicted molar refractivity (Wildman–Crippen MR) is 59.1 cm³/mol. The van der Waals surface area contributed by atoms with Crippen molar-refractivity contribution < 1.29 is 9.18 Å². The average Bonchev–Trinajstić information content (AvgIpc) is 2.20. The zero-order chi connectivity index (χ0) is 11.6. The third-order valence-electron chi connectivity index (χ3n) is 2.33. The second-order valence-electron chi connectivity index (χ2n) is 3.42. The highest BCUT2D eigenvalue weighted by atomic mass is 35.5. The Hall–Kier alpha value is -0.930. The molecule has 2 nitrogen and oxygen atoms in total. The lowest BCUT2D eigenvalue weighted by molar-refractivity contribution is 0.0992. The topological polar surface area (TPSA) is 29.1 Å². The summed E-state index contributed by atoms with van der Waals surface area (Å²) in [7, 11) is 1.67. The lowest BCUT2D eigenvalue weighted by Crippen LogP contribution is -2.19. The molecule has 0 heterocycles. The summed E-state index contributed by atoms with van der Waals surface area (Å²) < 4.78 is 13.4. The summed E-state index contributed by atoms with van der Waals surface area (Å²) in [5.74, 6) is -0.596. The highest BCUT2D eigenvalue weighted by Gasteiger charge is 2.15. The van der Waals surface area contributed by atoms with Crippen LogP contribution in [0.25, 0.3) is 0 Å². The van der Waals surface area contributed by atoms with Gasteiger partial charge in [-0.3, -0.25) is 4.79 Å². The number of Topliss-reactive ketones (excluding diaryl/α,β-unsaturated/α-hetero) is 1. The van der Waals surface area contributed by atoms with Gasteiger partial charge in [0.15, 0.2) is 5.78 Å². The summed E-state index contributed by atoms with van der Waals surface area (Å²) in [6, 6.07) is 1.25. The van der Waals surface area contributed by atoms with E-state index < -0.39 is 5.82 Å². The second-order valence-corrected chi connectivity index (χ2v) is 3.80. The van der Waals surface area contributed by atoms with E-state index >= 15 is 0 Å². The normalized spacial score (nSPS) is 10.5. The Bertz CT molecular complexity index is 404. The van der Waals surface area contributed by atoms with E-state index in [1.54, 1.807) is 20.9 Å². The van der Waals surface area contributed by atoms with Crippen molar-refractivity contribution in [1.82, 2.24) is 5.32 Å². The van der Waals surface area contributed by atoms with Gasteiger partial charge in [-0.05, 0) is 32.5 Å². The maximum Gasteiger partial charge on any atom is 0.177 e. The van der Waals surface area contributed by atoms with Gasteiger partial charge >= 0.3 is 0 Å². The van der Waals surface area contributed by atoms with Crippen molar-refractivity contribution in [2.24, 2.45) is 0 Å². The van der Waals surface area contributed by atoms with Gasteiger partial charge in [0.25, 0.3) is 0 Å². The van der Waals surface area contributed by atoms with E-state index in [2.05, 4.69) is 5.32 Å². The summed E-state index contributed by atoms with van der Waals surface area (Å²) in [6.07, 6.45) is 0. The Kier molecular flexibility index (Phi) is 3.83. The Morgan fingerprint density at radius 2 is 2.07 bits per heavy atom. The number of hydrogen-bond acceptors (Lipinski definition) is 2. The smallest absolute Gasteiger partial charge is 0.177 e. The van der Waals surface area contributed by atoms with E-state index in [9.17, 15) is 9.18 Å². The number of likely N-dealkylation sites (N-methyl/N-ethyl adjacent to an activating group) is 1. The molecule has 1 N–H and O–H groups in total. The van der Waals surface area contributed by atoms with Crippen molar-refractivity contribution in [2.45, 2.75) is 13.8 Å². The number of carbonyl (C=O) groups excluding carboxylic acids is 1. The predicted octanol–water partition coefficient (Wildman–Crippen LogP) is 2.50. The molecule has 0 saturated heterocycles. The Morgan fingerprint density at radius 1 is 1.47 bits per heavy atom. The van der Waals surface area contributed by atoms with E-state index in [0.29, 0.717) is 21.7 Å². The van der Waals surface area contributed by atoms with Crippen LogP contribution in [0.15, 0.2) is 6.07 Å². The van der Waals surface area contributed by atoms with Gasteiger partial charge in [-0.25, -0.2) is 4.39 Å². The van der Waals surface area contributed by atoms with Gasteiger partial charge in [0.1, 0.15) is 5.82 Å². The average molecular weight is 230 g/mol. The molecule has 0 unspecified atom stereocenters. The van der Waals surface area contributed by atoms with Crippen LogP contribution in [0.1, 0.15) is 21.5 Å². The van der Waals surface area contributed by atoms with Crippen LogP contribution < -0.4 is 5.32 Å². The molecular weight excluding hydrogens is 217 g/mol. The van der Waals surface area contributed by atoms with Crippen molar-refractivity contribution in [3.05, 3.63) is 33.6 Å². The van der Waals surface area contributed by atoms with Gasteiger partial charge in [0.05, 0.1) is 11.6 Å². The van der Waals surface area contributed by atoms with Crippen LogP contribution in [0.5, 0.6) is 0 Å². The molecular formula is C11H13ClFNO. The molecule has 0 aliphatic carbocycles. The first-order valence-corrected chi connectivity index (χ1v) is 4.99. The number of ketones is 1. The van der Waals surface area contributed by atoms with Gasteiger partial charge in [0, 0.05) is 11.1 Å². The van der Waals surface area contributed by atoms with E-state index in [-0.39, 0.29) is 12.3 Å². The number of halogens is 2. The molecule has 0 fully saturated rings. The van der Waals surface area contributed by atoms with Gasteiger partial charge in [-0.2, -0.15) is 0 Å². The zero-order valence-corrected chi connectivity index (χ0v) is 9.70. The van der Waals surface area contributed by atoms with Crippen molar-refractivity contribution in [3.8, 4) is 0 Å². The maximum absolute atomic E-state index is 13.4. The summed E-state index contributed by atoms with van der Waals surface area (Å²) in [5, 5.41) is 3.06. The highest BCUT2D eigenvalue weighted by Crippen LogP contribution is 2.26. The quantitative estimate of drug-likeness (QED) is 0.807. The first kappa shape index (κ1) is 12.1. The molecule has 0 spiro atoms. The molecule has 4 heteroatoms. The fourth-order valence-electron chi connectivity index (χ4n) is 1.39. The number of nitrogens with one attached hydrogen (secondary N) is 1. The number of rotatable bonds is 3. The lowest BCUT2D eigenvalue weighted by atomic mass is 10.0. The summed E-state index contributed by atoms with van der Waals surface area (Å²) in [4.78, 5) is 11.6. The van der Waals surface area contributed by atoms with E-state index in [4.69, 9.17) is 11.6 Å². The highest BCUT2D eigenvalue weighted by molar-refractivity contribution is 6.32. The molecule has 1 rings (SSSR count). The maximum atomic E-state index is 13.4. The molecule has 82 valence electrons. The molecule has 0 atom stereocenters. The molecule has 0 aliphatic heterocycles. The van der Waals surface area contributed by atoms with Crippen LogP contribution in [-0.2, 0) is 0 Å². The molecule has 1 aromatic carbocycles. The fraction of sp³-hybridized carbons (Fsp3) is 0.364. The van der Waals surface area contributed by atoms with E-state index in [0.717, 1.165) is 0 Å². The Morgan fingerprint density at radius 3 is 2.60 bits per heavy atom. The van der Waals surface area contributed by atoms with Gasteiger partial charge in [-0.1, -0.05) is 11.6 Å². The number of carbonyl (C=O) groups is 1. The van der Waals surface area contributed by atoms with Crippen LogP contribution in [0.3, 0.4) is 0 Å². The van der Waals surface area contributed by atoms with Crippen molar-refractivity contribution in [1.29, 1.82) is 0 Å². The standard InChI is InChI=1S/C11H13ClFNO/c1-6-8(10(15)5-14-3)4-9(13)7(2)11(6)12/h4,14H,5H2,1-3H3. The summed E-state index contributed by atoms with van der Waals surface area (Å²) >= 11 is 5.92. The monoisotopic (exact) mass is 229 g/mol. The zero-order valence-electron chi connectivity index (χ0n) is 8.95. The van der Waals surface area contributed by atoms with E-state index in [1.807, 2.05) is 0 Å². The SMILES string of the molecule is CNCC(=O)c1cc(F)c(C)c(Cl)c1C. The minimum absolute atomic E-state index is 0.157. The Balaban J connectivity index is 3.26. The first-order chi connectivity index (χ1) is 6.99. The van der Waals surface area contributed by atoms with Crippen LogP contribution >= 0.6 is 11.6 Å². The Labute approximate surface area is 93.4 Å². The van der Waals surface area contributed by atoms with Gasteiger partial charge < -0.3 is 5.32 Å². The largest absolute Gasteiger partial charge is 0.313 e. The lowest BCUT2D eigenvalue weighted by Gasteiger charge is -2.09. The van der Waals surface area contributed by atoms with Crippen molar-refractivity contribution >= 4 is 17.4 Å². The molecule has 0 aliphatic rings. The molecule has 0 saturated carbocycles. The summed E-state index contributed by atoms with van der Waals surface area (Å²) in [5.41, 5.74) is 1.36. The minimum Gasteiger partial charge on any atom is -0.313 e. The van der Waals surface area contributed by atoms with E-state index in [1.165, 1.54) is 6.07 Å². The third kappa shape index (κ3) is 2.36. The molecule has 1 aromatic rings. The van der Waals surface area contributed by atoms with Crippen molar-refractivity contribution in [2.75, 3.05) is 13.6 Å². The fourth-order valence-corrected chi connectivity index (χ4v) is 1.59. The van der Waals surface area contributed by atoms with Crippen LogP contribution in [0, 0.1) is 19.7 Å². The van der Waals surface area contributed by atoms with Crippen LogP contribution in [0.4, 0.5) is 4.39 Å². The molecule has 0 radical (unpaired) electrons. The molecule has 0 bridgehead atoms. The van der Waals surface area contributed by atoms with Crippen LogP contribution in [-0.4, -0.2) is 19.4 Å². The number of hydrogen-bond donors (Lipinski definition) is 1. The third-order valence-corrected chi connectivity index (χ3v) is 2.90. The minimum atomic E-state index is -0.440. The second kappa shape index (κ2) is 4.73. The molecule has 0 amide bonds. The van der Waals surface area contributed by atoms with Crippen molar-refractivity contribution in [3.63, 3.8) is 0 Å². The summed E-state index contributed by atoms with van der Waals surface area (Å²) in [6.45, 7) is 3.49. The number of benzene rings is 1. The van der Waals surface area contributed by atoms with Gasteiger partial charge in [0.2, 0.25) is 0 Å². The first-order valence-electron chi connectivity index (χ1n) is 4.62. The molecule has 15 heavy (non-hydrogen) atoms. The molecule has 0 aromatic heterocycles. The van der Waals surface area contributed by atoms with Gasteiger partial charge in [-0.15, -0.1) is 0 Å².